The average Bonchev–Trinajstić information content (AvgIpc) is 2.99. The molecule has 0 fully saturated rings. The van der Waals surface area contributed by atoms with Crippen molar-refractivity contribution < 1.29 is 9.32 Å². The van der Waals surface area contributed by atoms with E-state index in [0.29, 0.717) is 29.2 Å². The van der Waals surface area contributed by atoms with Gasteiger partial charge in [0.05, 0.1) is 10.9 Å². The number of aryl methyl sites for hydroxylation is 1. The fraction of sp³-hybridized carbons (Fsp3) is 0.583. The minimum atomic E-state index is -0.354. The number of nitrogens with one attached hydrogen (secondary N) is 1. The van der Waals surface area contributed by atoms with Gasteiger partial charge in [0.25, 0.3) is 0 Å². The van der Waals surface area contributed by atoms with Crippen molar-refractivity contribution in [1.29, 1.82) is 0 Å². The molecular weight excluding hydrogens is 292 g/mol. The summed E-state index contributed by atoms with van der Waals surface area (Å²) in [5.41, 5.74) is 0.714. The molecule has 0 saturated carbocycles. The number of amides is 1. The Morgan fingerprint density at radius 2 is 2.24 bits per heavy atom. The second kappa shape index (κ2) is 6.70. The lowest BCUT2D eigenvalue weighted by molar-refractivity contribution is -0.115. The molecule has 0 saturated heterocycles. The molecule has 1 atom stereocenters. The molecule has 2 rings (SSSR count). The van der Waals surface area contributed by atoms with Crippen LogP contribution < -0.4 is 5.32 Å². The van der Waals surface area contributed by atoms with E-state index in [1.807, 2.05) is 0 Å². The molecular formula is C12H18N6O2S. The molecule has 0 radical (unpaired) electrons. The quantitative estimate of drug-likeness (QED) is 0.811. The number of anilines is 1. The first-order valence-electron chi connectivity index (χ1n) is 6.62. The fourth-order valence-electron chi connectivity index (χ4n) is 1.60. The summed E-state index contributed by atoms with van der Waals surface area (Å²) in [6.45, 7) is 8.46. The Labute approximate surface area is 126 Å². The van der Waals surface area contributed by atoms with Gasteiger partial charge in [0.2, 0.25) is 16.9 Å². The SMILES string of the molecule is Cc1cc(NC(=O)C(C)Sc2nnnn2CC(C)C)on1. The fourth-order valence-corrected chi connectivity index (χ4v) is 2.40. The Bertz CT molecular complexity index is 608. The van der Waals surface area contributed by atoms with Crippen LogP contribution in [0.3, 0.4) is 0 Å². The van der Waals surface area contributed by atoms with Crippen LogP contribution in [0, 0.1) is 12.8 Å². The lowest BCUT2D eigenvalue weighted by Gasteiger charge is -2.10. The van der Waals surface area contributed by atoms with Crippen LogP contribution >= 0.6 is 11.8 Å². The monoisotopic (exact) mass is 310 g/mol. The lowest BCUT2D eigenvalue weighted by atomic mass is 10.2. The maximum Gasteiger partial charge on any atom is 0.240 e. The third-order valence-electron chi connectivity index (χ3n) is 2.56. The Morgan fingerprint density at radius 1 is 1.48 bits per heavy atom. The average molecular weight is 310 g/mol. The van der Waals surface area contributed by atoms with Crippen molar-refractivity contribution in [1.82, 2.24) is 25.4 Å². The Kier molecular flexibility index (Phi) is 4.94. The standard InChI is InChI=1S/C12H18N6O2S/c1-7(2)6-18-12(14-16-17-18)21-9(4)11(19)13-10-5-8(3)15-20-10/h5,7,9H,6H2,1-4H3,(H,13,19). The highest BCUT2D eigenvalue weighted by Gasteiger charge is 2.20. The van der Waals surface area contributed by atoms with Crippen molar-refractivity contribution >= 4 is 23.6 Å². The first-order valence-corrected chi connectivity index (χ1v) is 7.50. The Balaban J connectivity index is 1.96. The second-order valence-electron chi connectivity index (χ2n) is 5.12. The second-order valence-corrected chi connectivity index (χ2v) is 6.43. The lowest BCUT2D eigenvalue weighted by Crippen LogP contribution is -2.23. The van der Waals surface area contributed by atoms with Crippen LogP contribution in [0.15, 0.2) is 15.7 Å². The van der Waals surface area contributed by atoms with E-state index in [2.05, 4.69) is 39.8 Å². The van der Waals surface area contributed by atoms with Crippen molar-refractivity contribution in [2.75, 3.05) is 5.32 Å². The van der Waals surface area contributed by atoms with E-state index in [4.69, 9.17) is 4.52 Å². The maximum atomic E-state index is 12.1. The number of thioether (sulfide) groups is 1. The number of hydrogen-bond donors (Lipinski definition) is 1. The number of tetrazole rings is 1. The minimum Gasteiger partial charge on any atom is -0.338 e. The van der Waals surface area contributed by atoms with Crippen LogP contribution in [-0.4, -0.2) is 36.5 Å². The van der Waals surface area contributed by atoms with Gasteiger partial charge in [0.1, 0.15) is 0 Å². The van der Waals surface area contributed by atoms with Crippen molar-refractivity contribution in [2.45, 2.75) is 44.6 Å². The third kappa shape index (κ3) is 4.28. The van der Waals surface area contributed by atoms with E-state index < -0.39 is 0 Å². The van der Waals surface area contributed by atoms with Crippen molar-refractivity contribution in [3.8, 4) is 0 Å². The predicted molar refractivity (Wildman–Crippen MR) is 77.8 cm³/mol. The molecule has 114 valence electrons. The summed E-state index contributed by atoms with van der Waals surface area (Å²) in [4.78, 5) is 12.1. The van der Waals surface area contributed by atoms with Gasteiger partial charge in [-0.3, -0.25) is 10.1 Å². The summed E-state index contributed by atoms with van der Waals surface area (Å²) in [6, 6.07) is 1.66. The molecule has 9 heteroatoms. The molecule has 0 aromatic carbocycles. The smallest absolute Gasteiger partial charge is 0.240 e. The van der Waals surface area contributed by atoms with Crippen LogP contribution in [0.25, 0.3) is 0 Å². The van der Waals surface area contributed by atoms with Crippen molar-refractivity contribution in [3.63, 3.8) is 0 Å². The van der Waals surface area contributed by atoms with Crippen LogP contribution in [0.4, 0.5) is 5.88 Å². The molecule has 1 amide bonds. The number of carbonyl (C=O) groups excluding carboxylic acids is 1. The molecule has 2 aromatic heterocycles. The van der Waals surface area contributed by atoms with Crippen molar-refractivity contribution in [2.24, 2.45) is 5.92 Å². The predicted octanol–water partition coefficient (Wildman–Crippen LogP) is 1.74. The van der Waals surface area contributed by atoms with Crippen LogP contribution in [0.1, 0.15) is 26.5 Å². The zero-order valence-corrected chi connectivity index (χ0v) is 13.2. The van der Waals surface area contributed by atoms with E-state index >= 15 is 0 Å². The number of nitrogens with zero attached hydrogens (tertiary/aromatic N) is 5. The summed E-state index contributed by atoms with van der Waals surface area (Å²) in [5, 5.41) is 18.2. The topological polar surface area (TPSA) is 98.7 Å². The Morgan fingerprint density at radius 3 is 2.86 bits per heavy atom. The van der Waals surface area contributed by atoms with Crippen LogP contribution in [0.5, 0.6) is 0 Å². The number of rotatable bonds is 6. The minimum absolute atomic E-state index is 0.185. The normalized spacial score (nSPS) is 12.6. The van der Waals surface area contributed by atoms with Gasteiger partial charge in [-0.15, -0.1) is 5.10 Å². The van der Waals surface area contributed by atoms with E-state index in [-0.39, 0.29) is 11.2 Å². The van der Waals surface area contributed by atoms with Gasteiger partial charge in [0, 0.05) is 12.6 Å². The van der Waals surface area contributed by atoms with Gasteiger partial charge in [-0.1, -0.05) is 30.8 Å². The van der Waals surface area contributed by atoms with Gasteiger partial charge in [-0.2, -0.15) is 0 Å². The van der Waals surface area contributed by atoms with Gasteiger partial charge in [-0.25, -0.2) is 4.68 Å². The highest BCUT2D eigenvalue weighted by molar-refractivity contribution is 8.00. The zero-order chi connectivity index (χ0) is 15.4. The highest BCUT2D eigenvalue weighted by atomic mass is 32.2. The molecule has 0 bridgehead atoms. The van der Waals surface area contributed by atoms with Gasteiger partial charge in [0.15, 0.2) is 0 Å². The molecule has 0 spiro atoms. The summed E-state index contributed by atoms with van der Waals surface area (Å²) in [5.74, 6) is 0.580. The molecule has 0 aliphatic carbocycles. The van der Waals surface area contributed by atoms with Crippen molar-refractivity contribution in [3.05, 3.63) is 11.8 Å². The van der Waals surface area contributed by atoms with E-state index in [1.54, 1.807) is 24.6 Å². The summed E-state index contributed by atoms with van der Waals surface area (Å²) in [6.07, 6.45) is 0. The van der Waals surface area contributed by atoms with Crippen LogP contribution in [0.2, 0.25) is 0 Å². The van der Waals surface area contributed by atoms with Crippen LogP contribution in [-0.2, 0) is 11.3 Å². The number of hydrogen-bond acceptors (Lipinski definition) is 7. The number of carbonyl (C=O) groups is 1. The molecule has 8 nitrogen and oxygen atoms in total. The maximum absolute atomic E-state index is 12.1. The number of aromatic nitrogens is 5. The molecule has 2 heterocycles. The Hall–Kier alpha value is -1.90. The third-order valence-corrected chi connectivity index (χ3v) is 3.63. The van der Waals surface area contributed by atoms with Gasteiger partial charge in [-0.05, 0) is 30.2 Å². The van der Waals surface area contributed by atoms with E-state index in [1.165, 1.54) is 11.8 Å². The molecule has 2 aromatic rings. The molecule has 0 aliphatic heterocycles. The summed E-state index contributed by atoms with van der Waals surface area (Å²) < 4.78 is 6.67. The van der Waals surface area contributed by atoms with Gasteiger partial charge >= 0.3 is 0 Å². The van der Waals surface area contributed by atoms with Gasteiger partial charge < -0.3 is 4.52 Å². The first kappa shape index (κ1) is 15.5. The first-order chi connectivity index (χ1) is 9.95. The molecule has 1 unspecified atom stereocenters. The summed E-state index contributed by atoms with van der Waals surface area (Å²) in [7, 11) is 0. The molecule has 1 N–H and O–H groups in total. The molecule has 0 aliphatic rings. The highest BCUT2D eigenvalue weighted by Crippen LogP contribution is 2.22. The van der Waals surface area contributed by atoms with E-state index in [9.17, 15) is 4.79 Å². The van der Waals surface area contributed by atoms with E-state index in [0.717, 1.165) is 0 Å². The summed E-state index contributed by atoms with van der Waals surface area (Å²) >= 11 is 1.31. The molecule has 21 heavy (non-hydrogen) atoms. The largest absolute Gasteiger partial charge is 0.338 e. The zero-order valence-electron chi connectivity index (χ0n) is 12.4.